The van der Waals surface area contributed by atoms with Crippen molar-refractivity contribution >= 4 is 23.1 Å². The average Bonchev–Trinajstić information content (AvgIpc) is 2.89. The molecule has 0 amide bonds. The van der Waals surface area contributed by atoms with Gasteiger partial charge in [0.1, 0.15) is 6.61 Å². The highest BCUT2D eigenvalue weighted by Gasteiger charge is 2.30. The number of nitrogen functional groups attached to an aromatic ring is 2. The summed E-state index contributed by atoms with van der Waals surface area (Å²) in [5.41, 5.74) is 14.7. The number of likely N-dealkylation sites (tertiary alicyclic amines) is 1. The Morgan fingerprint density at radius 3 is 2.78 bits per heavy atom. The number of ether oxygens (including phenoxy) is 1. The van der Waals surface area contributed by atoms with Crippen LogP contribution in [-0.2, 0) is 0 Å². The fraction of sp³-hybridized carbons (Fsp3) is 0.538. The number of nitrogens with zero attached hydrogens (tertiary/aromatic N) is 1. The highest BCUT2D eigenvalue weighted by Crippen LogP contribution is 2.46. The van der Waals surface area contributed by atoms with Crippen LogP contribution in [0.1, 0.15) is 18.4 Å². The quantitative estimate of drug-likeness (QED) is 0.761. The second-order valence-electron chi connectivity index (χ2n) is 4.98. The second kappa shape index (κ2) is 4.55. The minimum Gasteiger partial charge on any atom is -0.488 e. The summed E-state index contributed by atoms with van der Waals surface area (Å²) in [5, 5.41) is 0.379. The van der Waals surface area contributed by atoms with Crippen molar-refractivity contribution in [1.29, 1.82) is 0 Å². The number of hydrogen-bond donors (Lipinski definition) is 2. The lowest BCUT2D eigenvalue weighted by molar-refractivity contribution is 0.207. The molecule has 0 aromatic heterocycles. The molecule has 2 aliphatic heterocycles. The monoisotopic (exact) mass is 265 g/mol. The molecule has 3 rings (SSSR count). The van der Waals surface area contributed by atoms with Gasteiger partial charge < -0.3 is 16.2 Å². The molecule has 1 unspecified atom stereocenters. The van der Waals surface area contributed by atoms with E-state index in [9.17, 15) is 0 Å². The van der Waals surface area contributed by atoms with Crippen molar-refractivity contribution < 1.29 is 4.74 Å². The smallest absolute Gasteiger partial charge is 0.158 e. The molecule has 1 fully saturated rings. The summed E-state index contributed by atoms with van der Waals surface area (Å²) in [6.07, 6.45) is 2.57. The highest BCUT2D eigenvalue weighted by atomic mass is 32.2. The van der Waals surface area contributed by atoms with Gasteiger partial charge in [0.2, 0.25) is 0 Å². The Bertz CT molecular complexity index is 472. The van der Waals surface area contributed by atoms with Crippen LogP contribution in [0.25, 0.3) is 0 Å². The number of hydrogen-bond acceptors (Lipinski definition) is 5. The zero-order valence-electron chi connectivity index (χ0n) is 10.6. The topological polar surface area (TPSA) is 64.5 Å². The van der Waals surface area contributed by atoms with Crippen molar-refractivity contribution in [2.75, 3.05) is 31.2 Å². The SMILES string of the molecule is Cc1cc(N)c2c(c1N)OCC(N1CCCC1)S2. The van der Waals surface area contributed by atoms with Gasteiger partial charge in [0.15, 0.2) is 5.75 Å². The Morgan fingerprint density at radius 2 is 2.06 bits per heavy atom. The van der Waals surface area contributed by atoms with Crippen molar-refractivity contribution in [3.8, 4) is 5.75 Å². The largest absolute Gasteiger partial charge is 0.488 e. The standard InChI is InChI=1S/C13H19N3OS/c1-8-6-9(14)13-12(11(8)15)17-7-10(18-13)16-4-2-3-5-16/h6,10H,2-5,7,14-15H2,1H3. The molecule has 1 atom stereocenters. The number of nitrogens with two attached hydrogens (primary N) is 2. The van der Waals surface area contributed by atoms with Gasteiger partial charge in [-0.15, -0.1) is 0 Å². The zero-order valence-corrected chi connectivity index (χ0v) is 11.4. The van der Waals surface area contributed by atoms with E-state index in [2.05, 4.69) is 4.90 Å². The molecule has 5 heteroatoms. The Morgan fingerprint density at radius 1 is 1.33 bits per heavy atom. The average molecular weight is 265 g/mol. The molecule has 18 heavy (non-hydrogen) atoms. The fourth-order valence-electron chi connectivity index (χ4n) is 2.61. The fourth-order valence-corrected chi connectivity index (χ4v) is 3.85. The van der Waals surface area contributed by atoms with E-state index in [0.717, 1.165) is 40.7 Å². The third-order valence-electron chi connectivity index (χ3n) is 3.68. The van der Waals surface area contributed by atoms with Crippen LogP contribution in [0.3, 0.4) is 0 Å². The molecule has 4 nitrogen and oxygen atoms in total. The highest BCUT2D eigenvalue weighted by molar-refractivity contribution is 8.00. The van der Waals surface area contributed by atoms with Gasteiger partial charge in [-0.2, -0.15) is 0 Å². The van der Waals surface area contributed by atoms with Crippen molar-refractivity contribution in [1.82, 2.24) is 4.90 Å². The van der Waals surface area contributed by atoms with Gasteiger partial charge in [-0.25, -0.2) is 0 Å². The number of rotatable bonds is 1. The predicted octanol–water partition coefficient (Wildman–Crippen LogP) is 2.07. The van der Waals surface area contributed by atoms with Crippen molar-refractivity contribution in [2.24, 2.45) is 0 Å². The first-order chi connectivity index (χ1) is 8.66. The van der Waals surface area contributed by atoms with Crippen LogP contribution < -0.4 is 16.2 Å². The first-order valence-corrected chi connectivity index (χ1v) is 7.27. The summed E-state index contributed by atoms with van der Waals surface area (Å²) < 4.78 is 5.87. The first-order valence-electron chi connectivity index (χ1n) is 6.39. The normalized spacial score (nSPS) is 23.7. The number of benzene rings is 1. The summed E-state index contributed by atoms with van der Waals surface area (Å²) in [5.74, 6) is 0.785. The van der Waals surface area contributed by atoms with Gasteiger partial charge in [0, 0.05) is 5.69 Å². The summed E-state index contributed by atoms with van der Waals surface area (Å²) in [6, 6.07) is 1.94. The Kier molecular flexibility index (Phi) is 3.03. The Balaban J connectivity index is 1.90. The lowest BCUT2D eigenvalue weighted by Crippen LogP contribution is -2.37. The van der Waals surface area contributed by atoms with Gasteiger partial charge in [-0.3, -0.25) is 4.90 Å². The zero-order chi connectivity index (χ0) is 12.7. The van der Waals surface area contributed by atoms with Crippen LogP contribution in [0, 0.1) is 6.92 Å². The molecule has 1 aromatic rings. The lowest BCUT2D eigenvalue weighted by Gasteiger charge is -2.32. The van der Waals surface area contributed by atoms with Gasteiger partial charge in [0.05, 0.1) is 16.0 Å². The number of aryl methyl sites for hydroxylation is 1. The van der Waals surface area contributed by atoms with Crippen LogP contribution in [0.2, 0.25) is 0 Å². The van der Waals surface area contributed by atoms with E-state index in [1.807, 2.05) is 13.0 Å². The van der Waals surface area contributed by atoms with Crippen LogP contribution in [-0.4, -0.2) is 30.0 Å². The maximum atomic E-state index is 6.10. The maximum Gasteiger partial charge on any atom is 0.158 e. The Hall–Kier alpha value is -1.07. The first kappa shape index (κ1) is 12.0. The van der Waals surface area contributed by atoms with Crippen LogP contribution in [0.15, 0.2) is 11.0 Å². The van der Waals surface area contributed by atoms with Crippen LogP contribution in [0.4, 0.5) is 11.4 Å². The molecule has 1 aromatic carbocycles. The molecule has 0 bridgehead atoms. The predicted molar refractivity (Wildman–Crippen MR) is 76.0 cm³/mol. The number of anilines is 2. The van der Waals surface area contributed by atoms with E-state index in [-0.39, 0.29) is 0 Å². The molecule has 98 valence electrons. The van der Waals surface area contributed by atoms with E-state index in [4.69, 9.17) is 16.2 Å². The van der Waals surface area contributed by atoms with E-state index in [1.165, 1.54) is 12.8 Å². The molecular formula is C13H19N3OS. The maximum absolute atomic E-state index is 6.10. The summed E-state index contributed by atoms with van der Waals surface area (Å²) >= 11 is 1.80. The van der Waals surface area contributed by atoms with Gasteiger partial charge in [0.25, 0.3) is 0 Å². The van der Waals surface area contributed by atoms with E-state index in [1.54, 1.807) is 11.8 Å². The lowest BCUT2D eigenvalue weighted by atomic mass is 10.1. The minimum absolute atomic E-state index is 0.379. The third-order valence-corrected chi connectivity index (χ3v) is 5.05. The van der Waals surface area contributed by atoms with Crippen LogP contribution >= 0.6 is 11.8 Å². The Labute approximate surface area is 112 Å². The summed E-state index contributed by atoms with van der Waals surface area (Å²) in [4.78, 5) is 3.49. The minimum atomic E-state index is 0.379. The summed E-state index contributed by atoms with van der Waals surface area (Å²) in [6.45, 7) is 4.99. The van der Waals surface area contributed by atoms with E-state index < -0.39 is 0 Å². The van der Waals surface area contributed by atoms with Crippen molar-refractivity contribution in [3.63, 3.8) is 0 Å². The molecule has 1 saturated heterocycles. The summed E-state index contributed by atoms with van der Waals surface area (Å²) in [7, 11) is 0. The van der Waals surface area contributed by atoms with Gasteiger partial charge in [-0.1, -0.05) is 11.8 Å². The van der Waals surface area contributed by atoms with E-state index in [0.29, 0.717) is 12.0 Å². The molecule has 0 spiro atoms. The molecular weight excluding hydrogens is 246 g/mol. The van der Waals surface area contributed by atoms with E-state index >= 15 is 0 Å². The second-order valence-corrected chi connectivity index (χ2v) is 6.17. The molecule has 2 aliphatic rings. The van der Waals surface area contributed by atoms with Gasteiger partial charge in [-0.05, 0) is 44.5 Å². The molecule has 0 aliphatic carbocycles. The van der Waals surface area contributed by atoms with Crippen molar-refractivity contribution in [3.05, 3.63) is 11.6 Å². The molecule has 0 saturated carbocycles. The third kappa shape index (κ3) is 1.91. The van der Waals surface area contributed by atoms with Gasteiger partial charge >= 0.3 is 0 Å². The van der Waals surface area contributed by atoms with Crippen LogP contribution in [0.5, 0.6) is 5.75 Å². The number of fused-ring (bicyclic) bond motifs is 1. The molecule has 2 heterocycles. The molecule has 0 radical (unpaired) electrons. The number of thioether (sulfide) groups is 1. The van der Waals surface area contributed by atoms with Crippen molar-refractivity contribution in [2.45, 2.75) is 30.0 Å². The molecule has 4 N–H and O–H groups in total.